The van der Waals surface area contributed by atoms with Crippen LogP contribution in [0.1, 0.15) is 54.2 Å². The summed E-state index contributed by atoms with van der Waals surface area (Å²) in [5, 5.41) is 12.6. The number of halogens is 3. The Hall–Kier alpha value is -4.30. The Morgan fingerprint density at radius 2 is 2.05 bits per heavy atom. The lowest BCUT2D eigenvalue weighted by Crippen LogP contribution is -2.19. The molecule has 3 aromatic heterocycles. The Balaban J connectivity index is 1.22. The number of benzene rings is 1. The van der Waals surface area contributed by atoms with Crippen LogP contribution in [-0.4, -0.2) is 61.8 Å². The number of carbonyl (C=O) groups excluding carboxylic acids is 2. The van der Waals surface area contributed by atoms with Crippen LogP contribution in [0.2, 0.25) is 0 Å². The minimum atomic E-state index is -4.72. The molecule has 1 saturated heterocycles. The molecule has 0 unspecified atom stereocenters. The second kappa shape index (κ2) is 12.3. The van der Waals surface area contributed by atoms with E-state index in [2.05, 4.69) is 19.6 Å². The summed E-state index contributed by atoms with van der Waals surface area (Å²) >= 11 is 0. The van der Waals surface area contributed by atoms with Gasteiger partial charge in [-0.3, -0.25) is 9.20 Å². The molecule has 14 heteroatoms. The van der Waals surface area contributed by atoms with E-state index in [0.29, 0.717) is 42.6 Å². The van der Waals surface area contributed by atoms with Crippen molar-refractivity contribution in [2.75, 3.05) is 13.2 Å². The van der Waals surface area contributed by atoms with Crippen molar-refractivity contribution in [3.8, 4) is 22.9 Å². The minimum Gasteiger partial charge on any atom is -0.462 e. The maximum atomic E-state index is 13.4. The highest BCUT2D eigenvalue weighted by molar-refractivity contribution is 5.91. The van der Waals surface area contributed by atoms with Gasteiger partial charge in [0.15, 0.2) is 11.5 Å². The Morgan fingerprint density at radius 3 is 2.79 bits per heavy atom. The van der Waals surface area contributed by atoms with Gasteiger partial charge >= 0.3 is 12.1 Å². The largest absolute Gasteiger partial charge is 0.462 e. The number of hydrogen-bond donors (Lipinski definition) is 1. The summed E-state index contributed by atoms with van der Waals surface area (Å²) in [6.07, 6.45) is 1.16. The van der Waals surface area contributed by atoms with E-state index >= 15 is 0 Å². The van der Waals surface area contributed by atoms with E-state index in [0.717, 1.165) is 6.26 Å². The van der Waals surface area contributed by atoms with Crippen molar-refractivity contribution in [1.82, 2.24) is 19.5 Å². The van der Waals surface area contributed by atoms with Crippen LogP contribution in [0.15, 0.2) is 47.6 Å². The molecule has 0 bridgehead atoms. The van der Waals surface area contributed by atoms with Crippen LogP contribution in [0.25, 0.3) is 16.9 Å². The lowest BCUT2D eigenvalue weighted by Gasteiger charge is -2.12. The zero-order valence-electron chi connectivity index (χ0n) is 22.5. The normalized spacial score (nSPS) is 17.1. The van der Waals surface area contributed by atoms with E-state index in [9.17, 15) is 27.9 Å². The fourth-order valence-electron chi connectivity index (χ4n) is 4.67. The van der Waals surface area contributed by atoms with Crippen LogP contribution in [0.5, 0.6) is 11.6 Å². The number of aliphatic hydroxyl groups excluding tert-OH is 1. The second-order valence-corrected chi connectivity index (χ2v) is 9.69. The summed E-state index contributed by atoms with van der Waals surface area (Å²) in [4.78, 5) is 33.2. The summed E-state index contributed by atoms with van der Waals surface area (Å²) in [6, 6.07) is 4.77. The van der Waals surface area contributed by atoms with Gasteiger partial charge in [-0.2, -0.15) is 13.2 Å². The summed E-state index contributed by atoms with van der Waals surface area (Å²) in [5.41, 5.74) is -0.189. The van der Waals surface area contributed by atoms with Crippen molar-refractivity contribution in [1.29, 1.82) is 0 Å². The first-order valence-electron chi connectivity index (χ1n) is 13.3. The van der Waals surface area contributed by atoms with Gasteiger partial charge in [0.1, 0.15) is 18.1 Å². The van der Waals surface area contributed by atoms with E-state index in [-0.39, 0.29) is 48.2 Å². The first-order chi connectivity index (χ1) is 20.2. The predicted molar refractivity (Wildman–Crippen MR) is 139 cm³/mol. The van der Waals surface area contributed by atoms with Crippen LogP contribution in [0.3, 0.4) is 0 Å². The van der Waals surface area contributed by atoms with Gasteiger partial charge in [-0.25, -0.2) is 14.8 Å². The molecule has 11 nitrogen and oxygen atoms in total. The number of aryl methyl sites for hydroxylation is 1. The van der Waals surface area contributed by atoms with E-state index in [1.54, 1.807) is 18.2 Å². The van der Waals surface area contributed by atoms with Crippen molar-refractivity contribution in [3.05, 3.63) is 59.9 Å². The third-order valence-electron chi connectivity index (χ3n) is 6.79. The molecule has 0 radical (unpaired) electrons. The van der Waals surface area contributed by atoms with Gasteiger partial charge < -0.3 is 23.8 Å². The van der Waals surface area contributed by atoms with Crippen molar-refractivity contribution in [3.63, 3.8) is 0 Å². The van der Waals surface area contributed by atoms with Crippen molar-refractivity contribution < 1.29 is 46.6 Å². The zero-order valence-corrected chi connectivity index (χ0v) is 22.5. The molecule has 0 saturated carbocycles. The minimum absolute atomic E-state index is 0.0400. The number of carbonyl (C=O) groups is 2. The highest BCUT2D eigenvalue weighted by atomic mass is 19.4. The number of esters is 1. The van der Waals surface area contributed by atoms with E-state index in [1.807, 2.05) is 6.92 Å². The van der Waals surface area contributed by atoms with Gasteiger partial charge in [-0.05, 0) is 43.0 Å². The first kappa shape index (κ1) is 29.2. The second-order valence-electron chi connectivity index (χ2n) is 9.69. The molecule has 4 heterocycles. The number of aliphatic hydroxyl groups is 1. The highest BCUT2D eigenvalue weighted by Crippen LogP contribution is 2.37. The number of Topliss-reactive ketones (excluding diaryl/α,β-unsaturated/α-hetero) is 1. The number of ketones is 1. The molecule has 5 rings (SSSR count). The molecule has 222 valence electrons. The Morgan fingerprint density at radius 1 is 1.21 bits per heavy atom. The number of hydrogen-bond acceptors (Lipinski definition) is 10. The lowest BCUT2D eigenvalue weighted by molar-refractivity contribution is -0.142. The number of rotatable bonds is 11. The number of imidazole rings is 1. The number of ether oxygens (including phenoxy) is 3. The molecule has 1 aliphatic heterocycles. The number of aromatic nitrogens is 4. The molecule has 42 heavy (non-hydrogen) atoms. The fraction of sp³-hybridized carbons (Fsp3) is 0.393. The lowest BCUT2D eigenvalue weighted by atomic mass is 10.0. The van der Waals surface area contributed by atoms with Gasteiger partial charge in [0, 0.05) is 25.2 Å². The summed E-state index contributed by atoms with van der Waals surface area (Å²) < 4.78 is 62.6. The van der Waals surface area contributed by atoms with Gasteiger partial charge in [-0.15, -0.1) is 0 Å². The van der Waals surface area contributed by atoms with E-state index in [4.69, 9.17) is 14.2 Å². The fourth-order valence-corrected chi connectivity index (χ4v) is 4.67. The van der Waals surface area contributed by atoms with Crippen LogP contribution in [-0.2, 0) is 26.9 Å². The molecule has 1 aliphatic rings. The van der Waals surface area contributed by atoms with Crippen LogP contribution in [0.4, 0.5) is 13.2 Å². The summed E-state index contributed by atoms with van der Waals surface area (Å²) in [5.74, 6) is -0.201. The molecule has 1 aromatic carbocycles. The molecular weight excluding hydrogens is 561 g/mol. The quantitative estimate of drug-likeness (QED) is 0.192. The third-order valence-corrected chi connectivity index (χ3v) is 6.79. The number of alkyl halides is 3. The van der Waals surface area contributed by atoms with Crippen LogP contribution in [0, 0.1) is 0 Å². The van der Waals surface area contributed by atoms with Gasteiger partial charge in [0.2, 0.25) is 5.65 Å². The third kappa shape index (κ3) is 6.29. The molecule has 0 aliphatic carbocycles. The average Bonchev–Trinajstić information content (AvgIpc) is 3.72. The number of nitrogens with zero attached hydrogens (tertiary/aromatic N) is 4. The monoisotopic (exact) mass is 588 g/mol. The smallest absolute Gasteiger partial charge is 0.437 e. The molecule has 1 N–H and O–H groups in total. The Kier molecular flexibility index (Phi) is 8.54. The van der Waals surface area contributed by atoms with Crippen molar-refractivity contribution in [2.24, 2.45) is 0 Å². The maximum absolute atomic E-state index is 13.4. The SMILES string of the molecule is CCc1cc(Oc2nccn3c(-c4conc4C(F)(F)F)cnc23)ccc1C(=O)OCCCCC(=O)[C@@H]1C[C@@H](O)CO1. The topological polar surface area (TPSA) is 138 Å². The van der Waals surface area contributed by atoms with Gasteiger partial charge in [0.25, 0.3) is 5.88 Å². The van der Waals surface area contributed by atoms with Crippen molar-refractivity contribution in [2.45, 2.75) is 57.4 Å². The molecule has 1 fully saturated rings. The maximum Gasteiger partial charge on any atom is 0.437 e. The van der Waals surface area contributed by atoms with E-state index < -0.39 is 30.0 Å². The van der Waals surface area contributed by atoms with E-state index in [1.165, 1.54) is 23.0 Å². The molecule has 2 atom stereocenters. The van der Waals surface area contributed by atoms with Crippen LogP contribution < -0.4 is 4.74 Å². The molecule has 0 amide bonds. The molecular formula is C28H27F3N4O7. The zero-order chi connectivity index (χ0) is 29.9. The van der Waals surface area contributed by atoms with Gasteiger partial charge in [-0.1, -0.05) is 12.1 Å². The summed E-state index contributed by atoms with van der Waals surface area (Å²) in [7, 11) is 0. The van der Waals surface area contributed by atoms with Crippen LogP contribution >= 0.6 is 0 Å². The first-order valence-corrected chi connectivity index (χ1v) is 13.3. The predicted octanol–water partition coefficient (Wildman–Crippen LogP) is 4.80. The number of unbranched alkanes of at least 4 members (excludes halogenated alkanes) is 1. The Labute approximate surface area is 237 Å². The average molecular weight is 589 g/mol. The Bertz CT molecular complexity index is 1580. The molecule has 4 aromatic rings. The summed E-state index contributed by atoms with van der Waals surface area (Å²) in [6.45, 7) is 2.17. The standard InChI is InChI=1S/C28H27F3N4O7/c1-2-16-11-18(6-7-19(16)27(38)39-10-4-3-5-22(37)23-12-17(36)14-40-23)42-26-25-33-13-21(35(25)9-8-32-26)20-15-41-34-24(20)28(29,30)31/h6-9,11,13,15,17,23,36H,2-5,10,12,14H2,1H3/t17-,23+/m1/s1. The molecule has 0 spiro atoms. The number of fused-ring (bicyclic) bond motifs is 1. The van der Waals surface area contributed by atoms with Crippen molar-refractivity contribution >= 4 is 17.4 Å². The van der Waals surface area contributed by atoms with Gasteiger partial charge in [0.05, 0.1) is 42.3 Å². The highest BCUT2D eigenvalue weighted by Gasteiger charge is 2.38.